The highest BCUT2D eigenvalue weighted by Crippen LogP contribution is 2.10. The molecule has 5 heteroatoms. The predicted molar refractivity (Wildman–Crippen MR) is 79.4 cm³/mol. The average molecular weight is 274 g/mol. The van der Waals surface area contributed by atoms with E-state index in [9.17, 15) is 4.79 Å². The summed E-state index contributed by atoms with van der Waals surface area (Å²) in [6.45, 7) is 7.92. The van der Waals surface area contributed by atoms with Crippen LogP contribution in [-0.4, -0.2) is 35.4 Å². The molecule has 0 aliphatic heterocycles. The molecule has 0 unspecified atom stereocenters. The molecule has 0 aliphatic rings. The molecule has 0 radical (unpaired) electrons. The van der Waals surface area contributed by atoms with E-state index in [4.69, 9.17) is 5.26 Å². The first-order valence-corrected chi connectivity index (χ1v) is 6.95. The summed E-state index contributed by atoms with van der Waals surface area (Å²) in [7, 11) is 0. The quantitative estimate of drug-likeness (QED) is 0.829. The van der Waals surface area contributed by atoms with Gasteiger partial charge in [-0.3, -0.25) is 4.79 Å². The maximum atomic E-state index is 12.5. The molecule has 1 N–H and O–H groups in total. The van der Waals surface area contributed by atoms with Gasteiger partial charge in [0.25, 0.3) is 5.91 Å². The number of carbonyl (C=O) groups is 1. The van der Waals surface area contributed by atoms with Crippen molar-refractivity contribution < 1.29 is 4.79 Å². The minimum absolute atomic E-state index is 0.117. The number of anilines is 1. The summed E-state index contributed by atoms with van der Waals surface area (Å²) in [4.78, 5) is 18.5. The van der Waals surface area contributed by atoms with Gasteiger partial charge in [-0.1, -0.05) is 19.9 Å². The van der Waals surface area contributed by atoms with Crippen LogP contribution >= 0.6 is 0 Å². The van der Waals surface area contributed by atoms with E-state index < -0.39 is 0 Å². The standard InChI is InChI=1S/C15H22N4O/c1-4-17-14-8-5-7-13(18-14)15(20)19(10-6-9-16)11-12(2)3/h5,7-8,12H,4,6,10-11H2,1-3H3,(H,17,18). The number of nitrogens with one attached hydrogen (secondary N) is 1. The second kappa shape index (κ2) is 8.16. The number of amides is 1. The van der Waals surface area contributed by atoms with E-state index in [0.717, 1.165) is 6.54 Å². The van der Waals surface area contributed by atoms with Gasteiger partial charge in [-0.15, -0.1) is 0 Å². The largest absolute Gasteiger partial charge is 0.370 e. The van der Waals surface area contributed by atoms with Crippen LogP contribution in [0.15, 0.2) is 18.2 Å². The molecule has 0 fully saturated rings. The van der Waals surface area contributed by atoms with Crippen molar-refractivity contribution >= 4 is 11.7 Å². The zero-order chi connectivity index (χ0) is 15.0. The Morgan fingerprint density at radius 2 is 2.25 bits per heavy atom. The molecule has 0 spiro atoms. The number of hydrogen-bond donors (Lipinski definition) is 1. The molecule has 20 heavy (non-hydrogen) atoms. The van der Waals surface area contributed by atoms with Gasteiger partial charge in [0.05, 0.1) is 12.5 Å². The number of pyridine rings is 1. The summed E-state index contributed by atoms with van der Waals surface area (Å²) >= 11 is 0. The zero-order valence-electron chi connectivity index (χ0n) is 12.4. The molecule has 1 aromatic heterocycles. The van der Waals surface area contributed by atoms with Gasteiger partial charge in [-0.25, -0.2) is 4.98 Å². The molecular formula is C15H22N4O. The summed E-state index contributed by atoms with van der Waals surface area (Å²) in [5, 5.41) is 11.8. The topological polar surface area (TPSA) is 69.0 Å². The molecule has 1 rings (SSSR count). The third-order valence-electron chi connectivity index (χ3n) is 2.69. The maximum Gasteiger partial charge on any atom is 0.272 e. The molecule has 108 valence electrons. The zero-order valence-corrected chi connectivity index (χ0v) is 12.4. The van der Waals surface area contributed by atoms with E-state index in [1.807, 2.05) is 19.1 Å². The first-order chi connectivity index (χ1) is 9.58. The normalized spacial score (nSPS) is 10.2. The lowest BCUT2D eigenvalue weighted by Gasteiger charge is -2.23. The van der Waals surface area contributed by atoms with E-state index in [1.54, 1.807) is 11.0 Å². The van der Waals surface area contributed by atoms with Crippen molar-refractivity contribution in [3.63, 3.8) is 0 Å². The SMILES string of the molecule is CCNc1cccc(C(=O)N(CCC#N)CC(C)C)n1. The maximum absolute atomic E-state index is 12.5. The van der Waals surface area contributed by atoms with Crippen molar-refractivity contribution in [1.82, 2.24) is 9.88 Å². The van der Waals surface area contributed by atoms with Gasteiger partial charge in [0.1, 0.15) is 11.5 Å². The summed E-state index contributed by atoms with van der Waals surface area (Å²) in [5.74, 6) is 0.937. The van der Waals surface area contributed by atoms with Gasteiger partial charge in [0.2, 0.25) is 0 Å². The van der Waals surface area contributed by atoms with E-state index in [1.165, 1.54) is 0 Å². The highest BCUT2D eigenvalue weighted by Gasteiger charge is 2.18. The fourth-order valence-electron chi connectivity index (χ4n) is 1.90. The first-order valence-electron chi connectivity index (χ1n) is 6.95. The van der Waals surface area contributed by atoms with Crippen LogP contribution in [0, 0.1) is 17.2 Å². The van der Waals surface area contributed by atoms with Crippen molar-refractivity contribution in [1.29, 1.82) is 5.26 Å². The summed E-state index contributed by atoms with van der Waals surface area (Å²) in [6, 6.07) is 7.45. The Labute approximate surface area is 120 Å². The minimum Gasteiger partial charge on any atom is -0.370 e. The Morgan fingerprint density at radius 3 is 2.85 bits per heavy atom. The minimum atomic E-state index is -0.117. The fraction of sp³-hybridized carbons (Fsp3) is 0.533. The number of nitriles is 1. The van der Waals surface area contributed by atoms with Gasteiger partial charge in [-0.05, 0) is 25.0 Å². The fourth-order valence-corrected chi connectivity index (χ4v) is 1.90. The second-order valence-corrected chi connectivity index (χ2v) is 4.99. The van der Waals surface area contributed by atoms with Crippen molar-refractivity contribution in [2.75, 3.05) is 25.0 Å². The third-order valence-corrected chi connectivity index (χ3v) is 2.69. The molecule has 0 aliphatic carbocycles. The van der Waals surface area contributed by atoms with Crippen LogP contribution < -0.4 is 5.32 Å². The summed E-state index contributed by atoms with van der Waals surface area (Å²) in [5.41, 5.74) is 0.419. The molecule has 0 saturated heterocycles. The van der Waals surface area contributed by atoms with Crippen molar-refractivity contribution in [2.24, 2.45) is 5.92 Å². The lowest BCUT2D eigenvalue weighted by atomic mass is 10.2. The molecule has 1 heterocycles. The first kappa shape index (κ1) is 16.0. The molecule has 5 nitrogen and oxygen atoms in total. The number of rotatable bonds is 7. The van der Waals surface area contributed by atoms with E-state index >= 15 is 0 Å². The third kappa shape index (κ3) is 4.88. The van der Waals surface area contributed by atoms with Crippen LogP contribution in [-0.2, 0) is 0 Å². The van der Waals surface area contributed by atoms with Crippen LogP contribution in [0.2, 0.25) is 0 Å². The molecule has 0 bridgehead atoms. The van der Waals surface area contributed by atoms with Crippen molar-refractivity contribution in [2.45, 2.75) is 27.2 Å². The molecule has 1 amide bonds. The number of hydrogen-bond acceptors (Lipinski definition) is 4. The molecule has 0 saturated carbocycles. The lowest BCUT2D eigenvalue weighted by molar-refractivity contribution is 0.0734. The van der Waals surface area contributed by atoms with E-state index in [0.29, 0.717) is 36.9 Å². The van der Waals surface area contributed by atoms with E-state index in [2.05, 4.69) is 30.2 Å². The average Bonchev–Trinajstić information content (AvgIpc) is 2.43. The summed E-state index contributed by atoms with van der Waals surface area (Å²) < 4.78 is 0. The predicted octanol–water partition coefficient (Wildman–Crippen LogP) is 2.53. The van der Waals surface area contributed by atoms with Crippen molar-refractivity contribution in [3.05, 3.63) is 23.9 Å². The van der Waals surface area contributed by atoms with Crippen LogP contribution in [0.25, 0.3) is 0 Å². The van der Waals surface area contributed by atoms with Crippen molar-refractivity contribution in [3.8, 4) is 6.07 Å². The van der Waals surface area contributed by atoms with Crippen LogP contribution in [0.1, 0.15) is 37.7 Å². The number of nitrogens with zero attached hydrogens (tertiary/aromatic N) is 3. The lowest BCUT2D eigenvalue weighted by Crippen LogP contribution is -2.35. The van der Waals surface area contributed by atoms with Gasteiger partial charge >= 0.3 is 0 Å². The second-order valence-electron chi connectivity index (χ2n) is 4.99. The van der Waals surface area contributed by atoms with Gasteiger partial charge in [-0.2, -0.15) is 5.26 Å². The van der Waals surface area contributed by atoms with Crippen LogP contribution in [0.4, 0.5) is 5.82 Å². The van der Waals surface area contributed by atoms with Crippen LogP contribution in [0.3, 0.4) is 0 Å². The Morgan fingerprint density at radius 1 is 1.50 bits per heavy atom. The Kier molecular flexibility index (Phi) is 6.51. The number of carbonyl (C=O) groups excluding carboxylic acids is 1. The Balaban J connectivity index is 2.87. The molecule has 1 aromatic rings. The smallest absolute Gasteiger partial charge is 0.272 e. The van der Waals surface area contributed by atoms with Gasteiger partial charge in [0, 0.05) is 19.6 Å². The molecule has 0 aromatic carbocycles. The highest BCUT2D eigenvalue weighted by molar-refractivity contribution is 5.92. The Bertz CT molecular complexity index is 479. The summed E-state index contributed by atoms with van der Waals surface area (Å²) in [6.07, 6.45) is 0.339. The monoisotopic (exact) mass is 274 g/mol. The van der Waals surface area contributed by atoms with Gasteiger partial charge in [0.15, 0.2) is 0 Å². The highest BCUT2D eigenvalue weighted by atomic mass is 16.2. The molecular weight excluding hydrogens is 252 g/mol. The van der Waals surface area contributed by atoms with E-state index in [-0.39, 0.29) is 5.91 Å². The number of aromatic nitrogens is 1. The molecule has 0 atom stereocenters. The Hall–Kier alpha value is -2.09. The van der Waals surface area contributed by atoms with Crippen LogP contribution in [0.5, 0.6) is 0 Å². The van der Waals surface area contributed by atoms with Gasteiger partial charge < -0.3 is 10.2 Å².